The highest BCUT2D eigenvalue weighted by molar-refractivity contribution is 7.22. The molecule has 0 unspecified atom stereocenters. The summed E-state index contributed by atoms with van der Waals surface area (Å²) in [6.07, 6.45) is 0. The summed E-state index contributed by atoms with van der Waals surface area (Å²) in [7, 11) is 0. The summed E-state index contributed by atoms with van der Waals surface area (Å²) in [6, 6.07) is 9.67. The third-order valence-electron chi connectivity index (χ3n) is 2.46. The molecule has 3 N–H and O–H groups in total. The fraction of sp³-hybridized carbons (Fsp3) is 0.0833. The van der Waals surface area contributed by atoms with Crippen LogP contribution in [0.15, 0.2) is 30.3 Å². The summed E-state index contributed by atoms with van der Waals surface area (Å²) in [6.45, 7) is 0.743. The van der Waals surface area contributed by atoms with Crippen molar-refractivity contribution in [3.63, 3.8) is 0 Å². The molecule has 3 rings (SSSR count). The van der Waals surface area contributed by atoms with Crippen LogP contribution in [0, 0.1) is 0 Å². The maximum absolute atomic E-state index is 5.89. The van der Waals surface area contributed by atoms with Crippen molar-refractivity contribution in [2.75, 3.05) is 11.1 Å². The van der Waals surface area contributed by atoms with Crippen LogP contribution in [0.2, 0.25) is 4.34 Å². The number of nitrogen functional groups attached to an aromatic ring is 1. The number of halogens is 1. The lowest BCUT2D eigenvalue weighted by Gasteiger charge is -1.98. The highest BCUT2D eigenvalue weighted by Crippen LogP contribution is 2.28. The van der Waals surface area contributed by atoms with Crippen LogP contribution < -0.4 is 11.1 Å². The molecular formula is C12H10ClN3S2. The Morgan fingerprint density at radius 3 is 2.89 bits per heavy atom. The molecular weight excluding hydrogens is 286 g/mol. The van der Waals surface area contributed by atoms with Gasteiger partial charge in [-0.3, -0.25) is 0 Å². The second-order valence-electron chi connectivity index (χ2n) is 3.81. The molecule has 0 aliphatic carbocycles. The Bertz CT molecular complexity index is 690. The van der Waals surface area contributed by atoms with Crippen LogP contribution in [0.4, 0.5) is 10.8 Å². The molecule has 6 heteroatoms. The lowest BCUT2D eigenvalue weighted by molar-refractivity contribution is 1.18. The molecule has 0 radical (unpaired) electrons. The second kappa shape index (κ2) is 4.76. The highest BCUT2D eigenvalue weighted by atomic mass is 35.5. The van der Waals surface area contributed by atoms with Crippen molar-refractivity contribution in [1.29, 1.82) is 0 Å². The minimum atomic E-state index is 0.743. The number of nitrogens with two attached hydrogens (primary N) is 1. The zero-order chi connectivity index (χ0) is 12.5. The van der Waals surface area contributed by atoms with Gasteiger partial charge in [0.05, 0.1) is 21.1 Å². The molecule has 0 aliphatic heterocycles. The smallest absolute Gasteiger partial charge is 0.184 e. The van der Waals surface area contributed by atoms with Crippen LogP contribution in [0.25, 0.3) is 10.2 Å². The number of benzene rings is 1. The summed E-state index contributed by atoms with van der Waals surface area (Å²) in [5.74, 6) is 0. The quantitative estimate of drug-likeness (QED) is 0.712. The maximum atomic E-state index is 5.89. The van der Waals surface area contributed by atoms with Gasteiger partial charge < -0.3 is 11.1 Å². The fourth-order valence-corrected chi connectivity index (χ4v) is 3.56. The van der Waals surface area contributed by atoms with Gasteiger partial charge in [-0.2, -0.15) is 0 Å². The van der Waals surface area contributed by atoms with Gasteiger partial charge in [0.25, 0.3) is 0 Å². The lowest BCUT2D eigenvalue weighted by atomic mass is 10.3. The molecule has 0 spiro atoms. The summed E-state index contributed by atoms with van der Waals surface area (Å²) in [4.78, 5) is 5.69. The number of nitrogens with one attached hydrogen (secondary N) is 1. The molecule has 1 aromatic carbocycles. The zero-order valence-electron chi connectivity index (χ0n) is 9.31. The monoisotopic (exact) mass is 295 g/mol. The van der Waals surface area contributed by atoms with Gasteiger partial charge in [-0.25, -0.2) is 4.98 Å². The first-order valence-electron chi connectivity index (χ1n) is 5.35. The number of hydrogen-bond donors (Lipinski definition) is 2. The Labute approximate surface area is 117 Å². The van der Waals surface area contributed by atoms with E-state index < -0.39 is 0 Å². The first-order valence-corrected chi connectivity index (χ1v) is 7.36. The van der Waals surface area contributed by atoms with Crippen molar-refractivity contribution in [2.24, 2.45) is 0 Å². The summed E-state index contributed by atoms with van der Waals surface area (Å²) in [5.41, 5.74) is 7.49. The third kappa shape index (κ3) is 2.43. The molecule has 0 amide bonds. The lowest BCUT2D eigenvalue weighted by Crippen LogP contribution is -1.95. The molecule has 3 aromatic rings. The molecule has 3 nitrogen and oxygen atoms in total. The molecule has 0 aliphatic rings. The van der Waals surface area contributed by atoms with Crippen LogP contribution in [0.1, 0.15) is 4.88 Å². The van der Waals surface area contributed by atoms with Crippen LogP contribution >= 0.6 is 34.3 Å². The Morgan fingerprint density at radius 2 is 2.11 bits per heavy atom. The molecule has 2 heterocycles. The van der Waals surface area contributed by atoms with E-state index in [0.717, 1.165) is 31.9 Å². The van der Waals surface area contributed by atoms with Gasteiger partial charge >= 0.3 is 0 Å². The first kappa shape index (κ1) is 11.8. The van der Waals surface area contributed by atoms with Crippen LogP contribution in [-0.2, 0) is 6.54 Å². The minimum absolute atomic E-state index is 0.743. The van der Waals surface area contributed by atoms with E-state index in [4.69, 9.17) is 17.3 Å². The van der Waals surface area contributed by atoms with E-state index in [2.05, 4.69) is 10.3 Å². The Balaban J connectivity index is 1.78. The van der Waals surface area contributed by atoms with Gasteiger partial charge in [0, 0.05) is 10.6 Å². The standard InChI is InChI=1S/C12H10ClN3S2/c13-11-4-2-8(17-11)6-15-12-16-9-3-1-7(14)5-10(9)18-12/h1-5H,6,14H2,(H,15,16). The van der Waals surface area contributed by atoms with Crippen molar-refractivity contribution in [1.82, 2.24) is 4.98 Å². The molecule has 0 atom stereocenters. The number of thiophene rings is 1. The Kier molecular flexibility index (Phi) is 3.11. The van der Waals surface area contributed by atoms with Crippen LogP contribution in [0.5, 0.6) is 0 Å². The van der Waals surface area contributed by atoms with Gasteiger partial charge in [0.1, 0.15) is 0 Å². The predicted octanol–water partition coefficient (Wildman–Crippen LogP) is 4.21. The van der Waals surface area contributed by atoms with E-state index in [0.29, 0.717) is 0 Å². The van der Waals surface area contributed by atoms with Crippen molar-refractivity contribution in [3.8, 4) is 0 Å². The van der Waals surface area contributed by atoms with Crippen LogP contribution in [-0.4, -0.2) is 4.98 Å². The summed E-state index contributed by atoms with van der Waals surface area (Å²) < 4.78 is 1.91. The number of thiazole rings is 1. The molecule has 2 aromatic heterocycles. The molecule has 0 fully saturated rings. The van der Waals surface area contributed by atoms with Gasteiger partial charge in [0.15, 0.2) is 5.13 Å². The number of fused-ring (bicyclic) bond motifs is 1. The Morgan fingerprint density at radius 1 is 1.22 bits per heavy atom. The molecule has 92 valence electrons. The van der Waals surface area contributed by atoms with E-state index in [1.165, 1.54) is 4.88 Å². The number of hydrogen-bond acceptors (Lipinski definition) is 5. The predicted molar refractivity (Wildman–Crippen MR) is 80.7 cm³/mol. The van der Waals surface area contributed by atoms with Gasteiger partial charge in [-0.1, -0.05) is 22.9 Å². The van der Waals surface area contributed by atoms with Crippen LogP contribution in [0.3, 0.4) is 0 Å². The van der Waals surface area contributed by atoms with E-state index >= 15 is 0 Å². The zero-order valence-corrected chi connectivity index (χ0v) is 11.7. The van der Waals surface area contributed by atoms with E-state index in [1.807, 2.05) is 30.3 Å². The van der Waals surface area contributed by atoms with Crippen molar-refractivity contribution in [3.05, 3.63) is 39.5 Å². The normalized spacial score (nSPS) is 10.9. The summed E-state index contributed by atoms with van der Waals surface area (Å²) >= 11 is 9.07. The average molecular weight is 296 g/mol. The average Bonchev–Trinajstić information content (AvgIpc) is 2.92. The van der Waals surface area contributed by atoms with Crippen molar-refractivity contribution >= 4 is 55.3 Å². The fourth-order valence-electron chi connectivity index (χ4n) is 1.63. The maximum Gasteiger partial charge on any atom is 0.184 e. The summed E-state index contributed by atoms with van der Waals surface area (Å²) in [5, 5.41) is 4.20. The van der Waals surface area contributed by atoms with Gasteiger partial charge in [-0.05, 0) is 30.3 Å². The largest absolute Gasteiger partial charge is 0.399 e. The second-order valence-corrected chi connectivity index (χ2v) is 6.64. The highest BCUT2D eigenvalue weighted by Gasteiger charge is 2.04. The molecule has 18 heavy (non-hydrogen) atoms. The van der Waals surface area contributed by atoms with Crippen molar-refractivity contribution < 1.29 is 0 Å². The van der Waals surface area contributed by atoms with E-state index in [-0.39, 0.29) is 0 Å². The van der Waals surface area contributed by atoms with E-state index in [1.54, 1.807) is 22.7 Å². The number of rotatable bonds is 3. The molecule has 0 bridgehead atoms. The first-order chi connectivity index (χ1) is 8.70. The molecule has 0 saturated heterocycles. The number of anilines is 2. The van der Waals surface area contributed by atoms with Crippen molar-refractivity contribution in [2.45, 2.75) is 6.54 Å². The SMILES string of the molecule is Nc1ccc2nc(NCc3ccc(Cl)s3)sc2c1. The molecule has 0 saturated carbocycles. The van der Waals surface area contributed by atoms with Gasteiger partial charge in [0.2, 0.25) is 0 Å². The number of nitrogens with zero attached hydrogens (tertiary/aromatic N) is 1. The van der Waals surface area contributed by atoms with Gasteiger partial charge in [-0.15, -0.1) is 11.3 Å². The van der Waals surface area contributed by atoms with E-state index in [9.17, 15) is 0 Å². The Hall–Kier alpha value is -1.30. The third-order valence-corrected chi connectivity index (χ3v) is 4.66. The number of aromatic nitrogens is 1. The topological polar surface area (TPSA) is 50.9 Å². The minimum Gasteiger partial charge on any atom is -0.399 e.